The van der Waals surface area contributed by atoms with E-state index in [1.165, 1.54) is 11.1 Å². The van der Waals surface area contributed by atoms with Gasteiger partial charge >= 0.3 is 6.18 Å². The van der Waals surface area contributed by atoms with Crippen molar-refractivity contribution in [3.63, 3.8) is 0 Å². The molecule has 0 amide bonds. The fraction of sp³-hybridized carbons (Fsp3) is 0.444. The molecule has 0 aromatic carbocycles. The van der Waals surface area contributed by atoms with Gasteiger partial charge in [0.15, 0.2) is 11.4 Å². The Morgan fingerprint density at radius 3 is 2.56 bits per heavy atom. The molecule has 2 rings (SSSR count). The summed E-state index contributed by atoms with van der Waals surface area (Å²) in [6.45, 7) is -1.06. The molecule has 0 atom stereocenters. The van der Waals surface area contributed by atoms with Crippen LogP contribution < -0.4 is 10.6 Å². The SMILES string of the molecule is Nc1cccnc1N1CC(O)(C(F)(F)F)C1. The predicted molar refractivity (Wildman–Crippen MR) is 51.9 cm³/mol. The lowest BCUT2D eigenvalue weighted by Gasteiger charge is -2.47. The van der Waals surface area contributed by atoms with E-state index in [1.54, 1.807) is 12.1 Å². The molecule has 0 saturated carbocycles. The minimum atomic E-state index is -4.62. The van der Waals surface area contributed by atoms with Crippen LogP contribution in [0.25, 0.3) is 0 Å². The number of pyridine rings is 1. The van der Waals surface area contributed by atoms with Crippen LogP contribution in [0.1, 0.15) is 0 Å². The Balaban J connectivity index is 2.12. The van der Waals surface area contributed by atoms with Crippen molar-refractivity contribution in [3.05, 3.63) is 18.3 Å². The monoisotopic (exact) mass is 233 g/mol. The highest BCUT2D eigenvalue weighted by atomic mass is 19.4. The molecule has 0 radical (unpaired) electrons. The van der Waals surface area contributed by atoms with Crippen LogP contribution in [0.3, 0.4) is 0 Å². The lowest BCUT2D eigenvalue weighted by molar-refractivity contribution is -0.267. The van der Waals surface area contributed by atoms with Gasteiger partial charge in [0, 0.05) is 6.20 Å². The molecule has 1 aliphatic rings. The number of alkyl halides is 3. The first-order valence-electron chi connectivity index (χ1n) is 4.58. The van der Waals surface area contributed by atoms with E-state index in [-0.39, 0.29) is 5.82 Å². The number of nitrogens with zero attached hydrogens (tertiary/aromatic N) is 2. The molecule has 16 heavy (non-hydrogen) atoms. The lowest BCUT2D eigenvalue weighted by atomic mass is 9.93. The maximum atomic E-state index is 12.3. The Morgan fingerprint density at radius 1 is 1.44 bits per heavy atom. The minimum Gasteiger partial charge on any atom is -0.396 e. The van der Waals surface area contributed by atoms with Crippen LogP contribution in [0.5, 0.6) is 0 Å². The van der Waals surface area contributed by atoms with Crippen LogP contribution in [0.4, 0.5) is 24.7 Å². The molecule has 0 unspecified atom stereocenters. The van der Waals surface area contributed by atoms with Crippen LogP contribution in [0, 0.1) is 0 Å². The lowest BCUT2D eigenvalue weighted by Crippen LogP contribution is -2.69. The maximum absolute atomic E-state index is 12.3. The quantitative estimate of drug-likeness (QED) is 0.752. The summed E-state index contributed by atoms with van der Waals surface area (Å²) in [4.78, 5) is 5.16. The number of nitrogens with two attached hydrogens (primary N) is 1. The van der Waals surface area contributed by atoms with E-state index < -0.39 is 24.9 Å². The highest BCUT2D eigenvalue weighted by molar-refractivity contribution is 5.64. The number of hydrogen-bond donors (Lipinski definition) is 2. The molecule has 7 heteroatoms. The molecule has 0 aliphatic carbocycles. The number of anilines is 2. The molecule has 88 valence electrons. The van der Waals surface area contributed by atoms with Crippen molar-refractivity contribution >= 4 is 11.5 Å². The maximum Gasteiger partial charge on any atom is 0.420 e. The Bertz CT molecular complexity index is 401. The van der Waals surface area contributed by atoms with Crippen molar-refractivity contribution in [1.82, 2.24) is 4.98 Å². The molecule has 4 nitrogen and oxygen atoms in total. The second-order valence-corrected chi connectivity index (χ2v) is 3.80. The molecular formula is C9H10F3N3O. The van der Waals surface area contributed by atoms with E-state index in [2.05, 4.69) is 4.98 Å². The fourth-order valence-corrected chi connectivity index (χ4v) is 1.59. The molecule has 1 aromatic rings. The molecule has 2 heterocycles. The van der Waals surface area contributed by atoms with E-state index >= 15 is 0 Å². The van der Waals surface area contributed by atoms with Crippen molar-refractivity contribution < 1.29 is 18.3 Å². The van der Waals surface area contributed by atoms with Gasteiger partial charge < -0.3 is 15.7 Å². The Morgan fingerprint density at radius 2 is 2.06 bits per heavy atom. The second kappa shape index (κ2) is 3.24. The number of hydrogen-bond acceptors (Lipinski definition) is 4. The van der Waals surface area contributed by atoms with Gasteiger partial charge in [0.1, 0.15) is 0 Å². The van der Waals surface area contributed by atoms with Gasteiger partial charge in [-0.05, 0) is 12.1 Å². The van der Waals surface area contributed by atoms with Gasteiger partial charge in [-0.15, -0.1) is 0 Å². The van der Waals surface area contributed by atoms with E-state index in [4.69, 9.17) is 5.73 Å². The van der Waals surface area contributed by atoms with Gasteiger partial charge in [0.2, 0.25) is 0 Å². The first kappa shape index (κ1) is 11.0. The summed E-state index contributed by atoms with van der Waals surface area (Å²) in [5.41, 5.74) is 3.22. The zero-order valence-corrected chi connectivity index (χ0v) is 8.20. The zero-order valence-electron chi connectivity index (χ0n) is 8.20. The zero-order chi connectivity index (χ0) is 12.0. The van der Waals surface area contributed by atoms with Gasteiger partial charge in [-0.3, -0.25) is 0 Å². The number of nitrogen functional groups attached to an aromatic ring is 1. The second-order valence-electron chi connectivity index (χ2n) is 3.80. The third kappa shape index (κ3) is 1.57. The molecule has 1 aliphatic heterocycles. The van der Waals surface area contributed by atoms with Crippen molar-refractivity contribution in [2.45, 2.75) is 11.8 Å². The van der Waals surface area contributed by atoms with Crippen molar-refractivity contribution in [1.29, 1.82) is 0 Å². The summed E-state index contributed by atoms with van der Waals surface area (Å²) in [5, 5.41) is 9.23. The average Bonchev–Trinajstić information content (AvgIpc) is 2.12. The number of aromatic nitrogens is 1. The molecule has 1 aromatic heterocycles. The highest BCUT2D eigenvalue weighted by Gasteiger charge is 2.61. The molecule has 1 fully saturated rings. The van der Waals surface area contributed by atoms with Gasteiger partial charge in [0.25, 0.3) is 0 Å². The summed E-state index contributed by atoms with van der Waals surface area (Å²) < 4.78 is 37.0. The van der Waals surface area contributed by atoms with Crippen LogP contribution in [-0.4, -0.2) is 35.0 Å². The standard InChI is InChI=1S/C9H10F3N3O/c10-9(11,12)8(16)4-15(5-8)7-6(13)2-1-3-14-7/h1-3,16H,4-5,13H2. The summed E-state index contributed by atoms with van der Waals surface area (Å²) in [6.07, 6.45) is -3.18. The van der Waals surface area contributed by atoms with E-state index in [1.807, 2.05) is 0 Å². The van der Waals surface area contributed by atoms with Crippen molar-refractivity contribution in [3.8, 4) is 0 Å². The van der Waals surface area contributed by atoms with Gasteiger partial charge in [-0.1, -0.05) is 0 Å². The largest absolute Gasteiger partial charge is 0.420 e. The Labute approximate surface area is 89.5 Å². The third-order valence-corrected chi connectivity index (χ3v) is 2.55. The van der Waals surface area contributed by atoms with Crippen LogP contribution in [0.2, 0.25) is 0 Å². The van der Waals surface area contributed by atoms with E-state index in [9.17, 15) is 18.3 Å². The molecule has 0 spiro atoms. The summed E-state index contributed by atoms with van der Waals surface area (Å²) in [7, 11) is 0. The first-order chi connectivity index (χ1) is 7.33. The summed E-state index contributed by atoms with van der Waals surface area (Å²) in [5.74, 6) is 0.274. The summed E-state index contributed by atoms with van der Waals surface area (Å²) in [6, 6.07) is 3.14. The van der Waals surface area contributed by atoms with Gasteiger partial charge in [0.05, 0.1) is 18.8 Å². The van der Waals surface area contributed by atoms with Crippen LogP contribution in [0.15, 0.2) is 18.3 Å². The average molecular weight is 233 g/mol. The normalized spacial score (nSPS) is 19.4. The first-order valence-corrected chi connectivity index (χ1v) is 4.58. The smallest absolute Gasteiger partial charge is 0.396 e. The number of halogens is 3. The molecule has 0 bridgehead atoms. The number of β-amino-alcohol motifs (C(OH)–C–C–N with tert-alkyl or cyclic N) is 1. The molecule has 1 saturated heterocycles. The van der Waals surface area contributed by atoms with Gasteiger partial charge in [-0.2, -0.15) is 13.2 Å². The van der Waals surface area contributed by atoms with E-state index in [0.29, 0.717) is 5.69 Å². The molecule has 3 N–H and O–H groups in total. The Hall–Kier alpha value is -1.50. The topological polar surface area (TPSA) is 62.4 Å². The van der Waals surface area contributed by atoms with Crippen molar-refractivity contribution in [2.75, 3.05) is 23.7 Å². The third-order valence-electron chi connectivity index (χ3n) is 2.55. The van der Waals surface area contributed by atoms with Crippen molar-refractivity contribution in [2.24, 2.45) is 0 Å². The van der Waals surface area contributed by atoms with Gasteiger partial charge in [-0.25, -0.2) is 4.98 Å². The van der Waals surface area contributed by atoms with Crippen LogP contribution in [-0.2, 0) is 0 Å². The minimum absolute atomic E-state index is 0.274. The predicted octanol–water partition coefficient (Wildman–Crippen LogP) is 0.777. The van der Waals surface area contributed by atoms with Crippen LogP contribution >= 0.6 is 0 Å². The summed E-state index contributed by atoms with van der Waals surface area (Å²) >= 11 is 0. The molecular weight excluding hydrogens is 223 g/mol. The van der Waals surface area contributed by atoms with E-state index in [0.717, 1.165) is 0 Å². The Kier molecular flexibility index (Phi) is 2.23. The fourth-order valence-electron chi connectivity index (χ4n) is 1.59. The highest BCUT2D eigenvalue weighted by Crippen LogP contribution is 2.40. The number of rotatable bonds is 1. The number of aliphatic hydroxyl groups is 1.